The summed E-state index contributed by atoms with van der Waals surface area (Å²) < 4.78 is 34.9. The molecule has 0 aliphatic carbocycles. The zero-order valence-corrected chi connectivity index (χ0v) is 36.1. The molecule has 0 saturated heterocycles. The van der Waals surface area contributed by atoms with Gasteiger partial charge in [0.1, 0.15) is 19.3 Å². The topological polar surface area (TPSA) is 91.3 Å². The van der Waals surface area contributed by atoms with E-state index in [-0.39, 0.29) is 25.8 Å². The van der Waals surface area contributed by atoms with Crippen LogP contribution in [0.2, 0.25) is 0 Å². The second-order valence-corrected chi connectivity index (χ2v) is 17.2. The molecule has 0 aromatic rings. The molecule has 0 heterocycles. The number of hydrogen-bond acceptors (Lipinski definition) is 6. The third-order valence-electron chi connectivity index (χ3n) is 9.20. The van der Waals surface area contributed by atoms with Crippen LogP contribution in [0.4, 0.5) is 0 Å². The van der Waals surface area contributed by atoms with E-state index in [4.69, 9.17) is 18.5 Å². The quantitative estimate of drug-likeness (QED) is 0.0218. The van der Waals surface area contributed by atoms with Crippen molar-refractivity contribution in [3.8, 4) is 0 Å². The number of phosphoric acid groups is 1. The molecule has 0 radical (unpaired) electrons. The average Bonchev–Trinajstić information content (AvgIpc) is 3.11. The van der Waals surface area contributed by atoms with E-state index in [0.717, 1.165) is 57.8 Å². The summed E-state index contributed by atoms with van der Waals surface area (Å²) in [6.07, 6.45) is 43.1. The zero-order chi connectivity index (χ0) is 39.1. The normalized spacial score (nSPS) is 14.2. The molecule has 0 bridgehead atoms. The van der Waals surface area contributed by atoms with Crippen LogP contribution in [-0.2, 0) is 27.9 Å². The lowest BCUT2D eigenvalue weighted by molar-refractivity contribution is -0.870. The lowest BCUT2D eigenvalue weighted by Crippen LogP contribution is -2.37. The molecule has 2 atom stereocenters. The number of carbonyl (C=O) groups is 1. The van der Waals surface area contributed by atoms with E-state index in [9.17, 15) is 14.3 Å². The third-order valence-corrected chi connectivity index (χ3v) is 10.2. The van der Waals surface area contributed by atoms with Crippen molar-refractivity contribution in [1.29, 1.82) is 0 Å². The average molecular weight is 771 g/mol. The number of hydrogen-bond donors (Lipinski definition) is 1. The summed E-state index contributed by atoms with van der Waals surface area (Å²) in [7, 11) is 1.66. The van der Waals surface area contributed by atoms with Gasteiger partial charge in [0, 0.05) is 13.0 Å². The first kappa shape index (κ1) is 51.7. The molecule has 9 heteroatoms. The Balaban J connectivity index is 4.25. The van der Waals surface area contributed by atoms with Crippen LogP contribution in [0.5, 0.6) is 0 Å². The van der Waals surface area contributed by atoms with Crippen LogP contribution in [0, 0.1) is 0 Å². The van der Waals surface area contributed by atoms with Crippen molar-refractivity contribution in [2.75, 3.05) is 54.1 Å². The molecule has 0 rings (SSSR count). The maximum absolute atomic E-state index is 12.7. The number of likely N-dealkylation sites (N-methyl/N-ethyl adjacent to an activating group) is 1. The number of allylic oxidation sites excluding steroid dienone is 6. The monoisotopic (exact) mass is 771 g/mol. The number of carbonyl (C=O) groups excluding carboxylic acids is 1. The Hall–Kier alpha value is -1.28. The standard InChI is InChI=1S/C44H84NO7P/c1-6-8-10-12-14-16-18-20-21-22-23-24-25-26-27-29-31-33-35-37-44(46)52-43(42-51-53(47,48)50-40-38-45(3,4)5)41-49-39-36-34-32-30-28-19-17-15-13-11-9-7-2/h14,16,20-21,23-24,43H,6-13,15,17-19,22,25-42H2,1-5H3/p+1/b16-14-,21-20-,24-23-. The minimum atomic E-state index is -4.27. The Bertz CT molecular complexity index is 947. The summed E-state index contributed by atoms with van der Waals surface area (Å²) in [6.45, 7) is 5.59. The largest absolute Gasteiger partial charge is 0.472 e. The molecule has 0 aromatic carbocycles. The maximum atomic E-state index is 12.7. The Morgan fingerprint density at radius 1 is 0.585 bits per heavy atom. The molecule has 53 heavy (non-hydrogen) atoms. The van der Waals surface area contributed by atoms with E-state index in [0.29, 0.717) is 24.1 Å². The van der Waals surface area contributed by atoms with Crippen molar-refractivity contribution in [3.63, 3.8) is 0 Å². The summed E-state index contributed by atoms with van der Waals surface area (Å²) in [5.74, 6) is -0.325. The molecule has 8 nitrogen and oxygen atoms in total. The van der Waals surface area contributed by atoms with Gasteiger partial charge in [0.05, 0.1) is 34.4 Å². The number of ether oxygens (including phenoxy) is 2. The molecule has 0 amide bonds. The molecule has 312 valence electrons. The van der Waals surface area contributed by atoms with Crippen LogP contribution >= 0.6 is 7.82 Å². The van der Waals surface area contributed by atoms with Gasteiger partial charge >= 0.3 is 13.8 Å². The van der Waals surface area contributed by atoms with E-state index in [1.807, 2.05) is 21.1 Å². The Morgan fingerprint density at radius 2 is 1.04 bits per heavy atom. The van der Waals surface area contributed by atoms with Gasteiger partial charge in [-0.2, -0.15) is 0 Å². The van der Waals surface area contributed by atoms with Gasteiger partial charge in [-0.15, -0.1) is 0 Å². The molecule has 0 saturated carbocycles. The fourth-order valence-corrected chi connectivity index (χ4v) is 6.54. The third kappa shape index (κ3) is 41.7. The van der Waals surface area contributed by atoms with Crippen LogP contribution in [-0.4, -0.2) is 75.6 Å². The van der Waals surface area contributed by atoms with Crippen molar-refractivity contribution in [2.24, 2.45) is 0 Å². The summed E-state index contributed by atoms with van der Waals surface area (Å²) in [6, 6.07) is 0. The van der Waals surface area contributed by atoms with Gasteiger partial charge in [0.15, 0.2) is 0 Å². The molecule has 0 fully saturated rings. The highest BCUT2D eigenvalue weighted by Crippen LogP contribution is 2.43. The molecular formula is C44H85NO7P+. The molecule has 1 N–H and O–H groups in total. The van der Waals surface area contributed by atoms with E-state index >= 15 is 0 Å². The number of phosphoric ester groups is 1. The van der Waals surface area contributed by atoms with Crippen LogP contribution < -0.4 is 0 Å². The highest BCUT2D eigenvalue weighted by atomic mass is 31.2. The van der Waals surface area contributed by atoms with E-state index < -0.39 is 13.9 Å². The molecule has 0 aliphatic heterocycles. The van der Waals surface area contributed by atoms with Crippen molar-refractivity contribution >= 4 is 13.8 Å². The van der Waals surface area contributed by atoms with E-state index in [1.54, 1.807) is 0 Å². The van der Waals surface area contributed by atoms with Gasteiger partial charge in [0.25, 0.3) is 0 Å². The summed E-state index contributed by atoms with van der Waals surface area (Å²) in [4.78, 5) is 22.9. The summed E-state index contributed by atoms with van der Waals surface area (Å²) in [5.41, 5.74) is 0. The predicted octanol–water partition coefficient (Wildman–Crippen LogP) is 12.6. The Morgan fingerprint density at radius 3 is 1.58 bits per heavy atom. The van der Waals surface area contributed by atoms with Gasteiger partial charge in [-0.05, 0) is 51.4 Å². The number of esters is 1. The van der Waals surface area contributed by atoms with Gasteiger partial charge in [-0.1, -0.05) is 159 Å². The Kier molecular flexibility index (Phi) is 36.7. The first-order chi connectivity index (χ1) is 25.6. The zero-order valence-electron chi connectivity index (χ0n) is 35.3. The van der Waals surface area contributed by atoms with E-state index in [1.165, 1.54) is 103 Å². The molecular weight excluding hydrogens is 685 g/mol. The lowest BCUT2D eigenvalue weighted by Gasteiger charge is -2.24. The van der Waals surface area contributed by atoms with Crippen molar-refractivity contribution in [2.45, 2.75) is 187 Å². The second kappa shape index (κ2) is 37.6. The molecule has 0 aromatic heterocycles. The number of nitrogens with zero attached hydrogens (tertiary/aromatic N) is 1. The Labute approximate surface area is 327 Å². The van der Waals surface area contributed by atoms with Crippen molar-refractivity contribution in [1.82, 2.24) is 0 Å². The number of quaternary nitrogens is 1. The van der Waals surface area contributed by atoms with Gasteiger partial charge < -0.3 is 18.9 Å². The van der Waals surface area contributed by atoms with Crippen LogP contribution in [0.25, 0.3) is 0 Å². The van der Waals surface area contributed by atoms with Gasteiger partial charge in [-0.3, -0.25) is 13.8 Å². The summed E-state index contributed by atoms with van der Waals surface area (Å²) in [5, 5.41) is 0. The van der Waals surface area contributed by atoms with Gasteiger partial charge in [0.2, 0.25) is 0 Å². The second-order valence-electron chi connectivity index (χ2n) is 15.7. The SMILES string of the molecule is CCCCC/C=C\C/C=C\C/C=C\CCCCCCCCC(=O)OC(COCCCCCCCCCCCCCC)COP(=O)(O)OCC[N+](C)(C)C. The highest BCUT2D eigenvalue weighted by Gasteiger charge is 2.26. The molecule has 0 spiro atoms. The molecule has 2 unspecified atom stereocenters. The lowest BCUT2D eigenvalue weighted by atomic mass is 10.1. The first-order valence-corrected chi connectivity index (χ1v) is 23.2. The van der Waals surface area contributed by atoms with Crippen LogP contribution in [0.3, 0.4) is 0 Å². The number of unbranched alkanes of at least 4 members (excludes halogenated alkanes) is 20. The van der Waals surface area contributed by atoms with Crippen LogP contribution in [0.1, 0.15) is 181 Å². The maximum Gasteiger partial charge on any atom is 0.472 e. The van der Waals surface area contributed by atoms with Crippen LogP contribution in [0.15, 0.2) is 36.5 Å². The highest BCUT2D eigenvalue weighted by molar-refractivity contribution is 7.47. The minimum absolute atomic E-state index is 0.0864. The van der Waals surface area contributed by atoms with Crippen molar-refractivity contribution < 1.29 is 37.3 Å². The molecule has 0 aliphatic rings. The fraction of sp³-hybridized carbons (Fsp3) is 0.841. The predicted molar refractivity (Wildman–Crippen MR) is 224 cm³/mol. The minimum Gasteiger partial charge on any atom is -0.457 e. The fourth-order valence-electron chi connectivity index (χ4n) is 5.79. The first-order valence-electron chi connectivity index (χ1n) is 21.7. The summed E-state index contributed by atoms with van der Waals surface area (Å²) >= 11 is 0. The smallest absolute Gasteiger partial charge is 0.457 e. The van der Waals surface area contributed by atoms with Crippen molar-refractivity contribution in [3.05, 3.63) is 36.5 Å². The number of rotatable bonds is 40. The van der Waals surface area contributed by atoms with Gasteiger partial charge in [-0.25, -0.2) is 4.57 Å². The van der Waals surface area contributed by atoms with E-state index in [2.05, 4.69) is 50.3 Å².